The molecule has 0 fully saturated rings. The van der Waals surface area contributed by atoms with Crippen molar-refractivity contribution < 1.29 is 0 Å². The Morgan fingerprint density at radius 3 is 2.73 bits per heavy atom. The normalized spacial score (nSPS) is 9.93. The van der Waals surface area contributed by atoms with Gasteiger partial charge >= 0.3 is 0 Å². The smallest absolute Gasteiger partial charge is 0.127 e. The van der Waals surface area contributed by atoms with Crippen LogP contribution in [0.3, 0.4) is 0 Å². The molecule has 0 aliphatic carbocycles. The molecule has 2 aromatic rings. The van der Waals surface area contributed by atoms with Gasteiger partial charge in [-0.1, -0.05) is 30.3 Å². The molecule has 15 heavy (non-hydrogen) atoms. The molecular weight excluding hydrogens is 184 g/mol. The van der Waals surface area contributed by atoms with Gasteiger partial charge in [-0.05, 0) is 30.7 Å². The van der Waals surface area contributed by atoms with Crippen molar-refractivity contribution in [1.82, 2.24) is 4.98 Å². The first-order chi connectivity index (χ1) is 7.34. The minimum Gasteiger partial charge on any atom is -0.366 e. The molecule has 2 nitrogen and oxygen atoms in total. The van der Waals surface area contributed by atoms with Gasteiger partial charge in [-0.25, -0.2) is 4.98 Å². The van der Waals surface area contributed by atoms with Crippen molar-refractivity contribution in [1.29, 1.82) is 0 Å². The van der Waals surface area contributed by atoms with E-state index in [4.69, 9.17) is 0 Å². The largest absolute Gasteiger partial charge is 0.366 e. The van der Waals surface area contributed by atoms with Crippen LogP contribution in [-0.2, 0) is 6.54 Å². The molecule has 0 unspecified atom stereocenters. The Balaban J connectivity index is 1.99. The zero-order valence-corrected chi connectivity index (χ0v) is 8.70. The molecule has 1 aromatic heterocycles. The van der Waals surface area contributed by atoms with Crippen molar-refractivity contribution in [2.75, 3.05) is 5.32 Å². The maximum atomic E-state index is 4.35. The number of nitrogens with zero attached hydrogens (tertiary/aromatic N) is 1. The van der Waals surface area contributed by atoms with Crippen LogP contribution in [0.4, 0.5) is 5.82 Å². The summed E-state index contributed by atoms with van der Waals surface area (Å²) >= 11 is 0. The number of pyridine rings is 1. The fourth-order valence-corrected chi connectivity index (χ4v) is 1.37. The monoisotopic (exact) mass is 197 g/mol. The Morgan fingerprint density at radius 1 is 1.20 bits per heavy atom. The van der Waals surface area contributed by atoms with E-state index in [-0.39, 0.29) is 0 Å². The maximum Gasteiger partial charge on any atom is 0.127 e. The Labute approximate surface area is 90.0 Å². The second-order valence-electron chi connectivity index (χ2n) is 3.43. The average Bonchev–Trinajstić information content (AvgIpc) is 2.28. The molecule has 75 valence electrons. The fourth-order valence-electron chi connectivity index (χ4n) is 1.37. The van der Waals surface area contributed by atoms with Gasteiger partial charge in [0.05, 0.1) is 0 Å². The van der Waals surface area contributed by atoms with Gasteiger partial charge in [-0.3, -0.25) is 0 Å². The Kier molecular flexibility index (Phi) is 2.98. The van der Waals surface area contributed by atoms with Gasteiger partial charge in [-0.15, -0.1) is 0 Å². The second-order valence-corrected chi connectivity index (χ2v) is 3.43. The highest BCUT2D eigenvalue weighted by Crippen LogP contribution is 2.06. The quantitative estimate of drug-likeness (QED) is 0.818. The Bertz CT molecular complexity index is 424. The molecule has 0 spiro atoms. The zero-order valence-electron chi connectivity index (χ0n) is 8.70. The van der Waals surface area contributed by atoms with E-state index in [2.05, 4.69) is 28.5 Å². The predicted octanol–water partition coefficient (Wildman–Crippen LogP) is 2.80. The lowest BCUT2D eigenvalue weighted by atomic mass is 10.2. The molecule has 2 heteroatoms. The van der Waals surface area contributed by atoms with E-state index in [9.17, 15) is 0 Å². The van der Waals surface area contributed by atoms with Crippen LogP contribution < -0.4 is 5.32 Å². The minimum absolute atomic E-state index is 0.797. The van der Waals surface area contributed by atoms with E-state index in [0.29, 0.717) is 0 Å². The van der Waals surface area contributed by atoms with Gasteiger partial charge in [0, 0.05) is 12.2 Å². The number of nitrogens with one attached hydrogen (secondary N) is 1. The molecule has 0 aliphatic rings. The van der Waals surface area contributed by atoms with Crippen LogP contribution >= 0.6 is 0 Å². The third kappa shape index (κ3) is 2.81. The molecule has 2 rings (SSSR count). The third-order valence-corrected chi connectivity index (χ3v) is 2.13. The van der Waals surface area contributed by atoms with Gasteiger partial charge in [0.25, 0.3) is 0 Å². The summed E-state index contributed by atoms with van der Waals surface area (Å²) in [6.07, 6.45) is 0. The van der Waals surface area contributed by atoms with Crippen molar-refractivity contribution in [3.05, 3.63) is 59.8 Å². The lowest BCUT2D eigenvalue weighted by Crippen LogP contribution is -2.01. The van der Waals surface area contributed by atoms with Crippen molar-refractivity contribution >= 4 is 5.82 Å². The van der Waals surface area contributed by atoms with Crippen molar-refractivity contribution in [2.45, 2.75) is 13.5 Å². The van der Waals surface area contributed by atoms with E-state index < -0.39 is 0 Å². The number of rotatable bonds is 3. The molecule has 0 atom stereocenters. The van der Waals surface area contributed by atoms with Crippen LogP contribution in [-0.4, -0.2) is 4.98 Å². The predicted molar refractivity (Wildman–Crippen MR) is 61.6 cm³/mol. The summed E-state index contributed by atoms with van der Waals surface area (Å²) in [6.45, 7) is 2.76. The molecule has 0 bridgehead atoms. The van der Waals surface area contributed by atoms with E-state index in [1.54, 1.807) is 0 Å². The first-order valence-electron chi connectivity index (χ1n) is 4.97. The van der Waals surface area contributed by atoms with Crippen LogP contribution in [0.25, 0.3) is 0 Å². The topological polar surface area (TPSA) is 24.9 Å². The number of benzene rings is 1. The summed E-state index contributed by atoms with van der Waals surface area (Å²) in [5.74, 6) is 0.874. The first-order valence-corrected chi connectivity index (χ1v) is 4.97. The highest BCUT2D eigenvalue weighted by molar-refractivity contribution is 5.35. The lowest BCUT2D eigenvalue weighted by Gasteiger charge is -2.05. The highest BCUT2D eigenvalue weighted by atomic mass is 15.0. The minimum atomic E-state index is 0.797. The summed E-state index contributed by atoms with van der Waals surface area (Å²) < 4.78 is 0. The molecule has 1 heterocycles. The van der Waals surface area contributed by atoms with Crippen molar-refractivity contribution in [2.24, 2.45) is 0 Å². The first kappa shape index (κ1) is 9.71. The molecular formula is C13H13N2. The van der Waals surface area contributed by atoms with Gasteiger partial charge in [0.2, 0.25) is 0 Å². The van der Waals surface area contributed by atoms with Crippen LogP contribution in [0.1, 0.15) is 11.3 Å². The summed E-state index contributed by atoms with van der Waals surface area (Å²) in [6, 6.07) is 17.0. The average molecular weight is 197 g/mol. The summed E-state index contributed by atoms with van der Waals surface area (Å²) in [7, 11) is 0. The number of anilines is 1. The molecule has 1 radical (unpaired) electrons. The summed E-state index contributed by atoms with van der Waals surface area (Å²) in [4.78, 5) is 4.35. The Morgan fingerprint density at radius 2 is 2.00 bits per heavy atom. The van der Waals surface area contributed by atoms with Crippen molar-refractivity contribution in [3.63, 3.8) is 0 Å². The third-order valence-electron chi connectivity index (χ3n) is 2.13. The molecule has 1 N–H and O–H groups in total. The fraction of sp³-hybridized carbons (Fsp3) is 0.154. The standard InChI is InChI=1S/C13H13N2/c1-11-6-5-9-13(15-11)14-10-12-7-3-2-4-8-12/h2-4,6-9H,10H2,1H3,(H,14,15). The maximum absolute atomic E-state index is 4.35. The van der Waals surface area contributed by atoms with Gasteiger partial charge in [0.1, 0.15) is 5.82 Å². The van der Waals surface area contributed by atoms with Crippen LogP contribution in [0.5, 0.6) is 0 Å². The highest BCUT2D eigenvalue weighted by Gasteiger charge is 1.94. The van der Waals surface area contributed by atoms with Gasteiger partial charge in [0.15, 0.2) is 0 Å². The number of hydrogen-bond acceptors (Lipinski definition) is 2. The van der Waals surface area contributed by atoms with E-state index in [1.165, 1.54) is 5.56 Å². The summed E-state index contributed by atoms with van der Waals surface area (Å²) in [5, 5.41) is 3.26. The SMILES string of the molecule is Cc1c[c]cc(NCc2ccccc2)n1. The molecule has 0 aliphatic heterocycles. The molecule has 0 amide bonds. The van der Waals surface area contributed by atoms with Gasteiger partial charge < -0.3 is 5.32 Å². The van der Waals surface area contributed by atoms with Crippen LogP contribution in [0.15, 0.2) is 42.5 Å². The van der Waals surface area contributed by atoms with E-state index in [1.807, 2.05) is 37.3 Å². The number of aromatic nitrogens is 1. The van der Waals surface area contributed by atoms with Crippen LogP contribution in [0.2, 0.25) is 0 Å². The second kappa shape index (κ2) is 4.60. The molecule has 0 saturated heterocycles. The zero-order chi connectivity index (χ0) is 10.5. The van der Waals surface area contributed by atoms with Gasteiger partial charge in [-0.2, -0.15) is 0 Å². The molecule has 1 aromatic carbocycles. The number of hydrogen-bond donors (Lipinski definition) is 1. The van der Waals surface area contributed by atoms with E-state index in [0.717, 1.165) is 18.1 Å². The van der Waals surface area contributed by atoms with Crippen LogP contribution in [0, 0.1) is 13.0 Å². The van der Waals surface area contributed by atoms with Crippen molar-refractivity contribution in [3.8, 4) is 0 Å². The Hall–Kier alpha value is -1.83. The van der Waals surface area contributed by atoms with E-state index >= 15 is 0 Å². The summed E-state index contributed by atoms with van der Waals surface area (Å²) in [5.41, 5.74) is 2.23. The molecule has 0 saturated carbocycles. The number of aryl methyl sites for hydroxylation is 1. The lowest BCUT2D eigenvalue weighted by molar-refractivity contribution is 1.09.